The number of benzene rings is 2. The molecule has 2 aliphatic heterocycles. The van der Waals surface area contributed by atoms with E-state index in [2.05, 4.69) is 10.1 Å². The van der Waals surface area contributed by atoms with Crippen molar-refractivity contribution in [2.45, 2.75) is 6.10 Å². The largest absolute Gasteiger partial charge is 0.497 e. The zero-order valence-corrected chi connectivity index (χ0v) is 14.6. The number of methoxy groups -OCH3 is 1. The molecule has 5 rings (SSSR count). The first kappa shape index (κ1) is 15.9. The fourth-order valence-electron chi connectivity index (χ4n) is 3.21. The molecular formula is C20H17N3O4. The second kappa shape index (κ2) is 6.14. The SMILES string of the molecule is COc1ccc2[nH]c(O)c(C3=Nc4ccccc4/C3=N\OCC3CO3)c2c1. The second-order valence-corrected chi connectivity index (χ2v) is 6.43. The highest BCUT2D eigenvalue weighted by molar-refractivity contribution is 6.58. The van der Waals surface area contributed by atoms with Crippen LogP contribution in [0.15, 0.2) is 52.6 Å². The number of epoxide rings is 1. The van der Waals surface area contributed by atoms with Crippen LogP contribution < -0.4 is 4.74 Å². The average Bonchev–Trinajstić information content (AvgIpc) is 3.36. The Labute approximate surface area is 154 Å². The molecule has 27 heavy (non-hydrogen) atoms. The molecule has 0 aliphatic carbocycles. The van der Waals surface area contributed by atoms with Crippen molar-refractivity contribution in [1.29, 1.82) is 0 Å². The molecule has 1 aromatic heterocycles. The van der Waals surface area contributed by atoms with Gasteiger partial charge in [-0.15, -0.1) is 0 Å². The minimum Gasteiger partial charge on any atom is -0.497 e. The van der Waals surface area contributed by atoms with Crippen LogP contribution in [0.3, 0.4) is 0 Å². The van der Waals surface area contributed by atoms with Crippen molar-refractivity contribution in [3.8, 4) is 11.6 Å². The molecule has 1 unspecified atom stereocenters. The third-order valence-electron chi connectivity index (χ3n) is 4.66. The molecule has 0 amide bonds. The van der Waals surface area contributed by atoms with Gasteiger partial charge in [-0.25, -0.2) is 4.99 Å². The smallest absolute Gasteiger partial charge is 0.199 e. The molecular weight excluding hydrogens is 346 g/mol. The lowest BCUT2D eigenvalue weighted by molar-refractivity contribution is 0.125. The maximum absolute atomic E-state index is 10.6. The van der Waals surface area contributed by atoms with Gasteiger partial charge in [0.2, 0.25) is 0 Å². The summed E-state index contributed by atoms with van der Waals surface area (Å²) in [7, 11) is 1.61. The molecule has 3 aromatic rings. The molecule has 0 radical (unpaired) electrons. The van der Waals surface area contributed by atoms with E-state index in [0.717, 1.165) is 22.2 Å². The molecule has 1 atom stereocenters. The number of nitrogens with one attached hydrogen (secondary N) is 1. The fourth-order valence-corrected chi connectivity index (χ4v) is 3.21. The zero-order valence-electron chi connectivity index (χ0n) is 14.6. The van der Waals surface area contributed by atoms with Crippen LogP contribution in [0.4, 0.5) is 5.69 Å². The molecule has 2 aromatic carbocycles. The fraction of sp³-hybridized carbons (Fsp3) is 0.200. The van der Waals surface area contributed by atoms with Crippen molar-refractivity contribution in [3.63, 3.8) is 0 Å². The van der Waals surface area contributed by atoms with Crippen molar-refractivity contribution in [3.05, 3.63) is 53.6 Å². The number of ether oxygens (including phenoxy) is 2. The van der Waals surface area contributed by atoms with Crippen molar-refractivity contribution in [1.82, 2.24) is 4.98 Å². The molecule has 7 heteroatoms. The van der Waals surface area contributed by atoms with Gasteiger partial charge in [0, 0.05) is 16.5 Å². The Kier molecular flexibility index (Phi) is 3.61. The van der Waals surface area contributed by atoms with Gasteiger partial charge in [-0.05, 0) is 24.3 Å². The summed E-state index contributed by atoms with van der Waals surface area (Å²) in [6.07, 6.45) is 0.108. The van der Waals surface area contributed by atoms with E-state index in [1.807, 2.05) is 42.5 Å². The van der Waals surface area contributed by atoms with Crippen LogP contribution in [0.25, 0.3) is 10.9 Å². The molecule has 136 valence electrons. The number of hydrogen-bond acceptors (Lipinski definition) is 6. The molecule has 0 spiro atoms. The van der Waals surface area contributed by atoms with Gasteiger partial charge in [0.05, 0.1) is 25.0 Å². The number of para-hydroxylation sites is 1. The molecule has 3 heterocycles. The summed E-state index contributed by atoms with van der Waals surface area (Å²) >= 11 is 0. The van der Waals surface area contributed by atoms with E-state index >= 15 is 0 Å². The number of hydrogen-bond donors (Lipinski definition) is 2. The molecule has 1 fully saturated rings. The minimum absolute atomic E-state index is 0.0306. The van der Waals surface area contributed by atoms with Crippen molar-refractivity contribution in [2.24, 2.45) is 10.1 Å². The number of aliphatic imine (C=N–C) groups is 1. The number of aromatic nitrogens is 1. The third-order valence-corrected chi connectivity index (χ3v) is 4.66. The van der Waals surface area contributed by atoms with E-state index in [0.29, 0.717) is 36.0 Å². The molecule has 1 saturated heterocycles. The predicted molar refractivity (Wildman–Crippen MR) is 101 cm³/mol. The lowest BCUT2D eigenvalue weighted by Gasteiger charge is -2.05. The Morgan fingerprint density at radius 1 is 1.30 bits per heavy atom. The van der Waals surface area contributed by atoms with Crippen LogP contribution in [-0.2, 0) is 9.57 Å². The number of H-pyrrole nitrogens is 1. The highest BCUT2D eigenvalue weighted by Crippen LogP contribution is 2.36. The molecule has 2 N–H and O–H groups in total. The van der Waals surface area contributed by atoms with Crippen molar-refractivity contribution >= 4 is 28.0 Å². The van der Waals surface area contributed by atoms with E-state index in [1.165, 1.54) is 0 Å². The summed E-state index contributed by atoms with van der Waals surface area (Å²) < 4.78 is 10.5. The highest BCUT2D eigenvalue weighted by atomic mass is 16.7. The van der Waals surface area contributed by atoms with E-state index < -0.39 is 0 Å². The number of aromatic amines is 1. The normalized spacial score (nSPS) is 19.2. The van der Waals surface area contributed by atoms with Gasteiger partial charge in [0.15, 0.2) is 5.88 Å². The van der Waals surface area contributed by atoms with Crippen LogP contribution in [0.1, 0.15) is 11.1 Å². The summed E-state index contributed by atoms with van der Waals surface area (Å²) in [6.45, 7) is 1.10. The monoisotopic (exact) mass is 363 g/mol. The van der Waals surface area contributed by atoms with Crippen LogP contribution >= 0.6 is 0 Å². The van der Waals surface area contributed by atoms with E-state index in [-0.39, 0.29) is 12.0 Å². The van der Waals surface area contributed by atoms with Crippen LogP contribution in [0.5, 0.6) is 11.6 Å². The van der Waals surface area contributed by atoms with Gasteiger partial charge in [0.25, 0.3) is 0 Å². The average molecular weight is 363 g/mol. The Bertz CT molecular complexity index is 1100. The van der Waals surface area contributed by atoms with Crippen molar-refractivity contribution in [2.75, 3.05) is 20.3 Å². The maximum Gasteiger partial charge on any atom is 0.199 e. The summed E-state index contributed by atoms with van der Waals surface area (Å²) in [5, 5.41) is 15.7. The minimum atomic E-state index is 0.0306. The van der Waals surface area contributed by atoms with Gasteiger partial charge in [-0.2, -0.15) is 0 Å². The van der Waals surface area contributed by atoms with Crippen LogP contribution in [-0.4, -0.2) is 47.9 Å². The predicted octanol–water partition coefficient (Wildman–Crippen LogP) is 3.14. The summed E-state index contributed by atoms with van der Waals surface area (Å²) in [5.74, 6) is 0.725. The van der Waals surface area contributed by atoms with Crippen LogP contribution in [0.2, 0.25) is 0 Å². The van der Waals surface area contributed by atoms with Gasteiger partial charge >= 0.3 is 0 Å². The summed E-state index contributed by atoms with van der Waals surface area (Å²) in [5.41, 5.74) is 4.16. The number of aromatic hydroxyl groups is 1. The Morgan fingerprint density at radius 2 is 2.15 bits per heavy atom. The first-order valence-electron chi connectivity index (χ1n) is 8.63. The number of nitrogens with zero attached hydrogens (tertiary/aromatic N) is 2. The first-order chi connectivity index (χ1) is 13.2. The van der Waals surface area contributed by atoms with Crippen molar-refractivity contribution < 1.29 is 19.4 Å². The third kappa shape index (κ3) is 2.72. The first-order valence-corrected chi connectivity index (χ1v) is 8.63. The summed E-state index contributed by atoms with van der Waals surface area (Å²) in [6, 6.07) is 13.2. The molecule has 7 nitrogen and oxygen atoms in total. The molecule has 2 aliphatic rings. The number of rotatable bonds is 5. The maximum atomic E-state index is 10.6. The lowest BCUT2D eigenvalue weighted by atomic mass is 10.0. The quantitative estimate of drug-likeness (QED) is 0.538. The summed E-state index contributed by atoms with van der Waals surface area (Å²) in [4.78, 5) is 13.2. The standard InChI is InChI=1S/C20H17N3O4/c1-25-11-6-7-16-14(8-11)17(20(24)22-16)19-18(23-27-10-12-9-26-12)13-4-2-3-5-15(13)21-19/h2-8,12,22,24H,9-10H2,1H3/b23-18+. The van der Waals surface area contributed by atoms with Crippen LogP contribution in [0, 0.1) is 0 Å². The number of oxime groups is 1. The Balaban J connectivity index is 1.64. The van der Waals surface area contributed by atoms with E-state index in [1.54, 1.807) is 7.11 Å². The van der Waals surface area contributed by atoms with E-state index in [9.17, 15) is 5.11 Å². The highest BCUT2D eigenvalue weighted by Gasteiger charge is 2.30. The Morgan fingerprint density at radius 3 is 2.96 bits per heavy atom. The number of fused-ring (bicyclic) bond motifs is 2. The Hall–Kier alpha value is -3.32. The topological polar surface area (TPSA) is 91.7 Å². The van der Waals surface area contributed by atoms with Gasteiger partial charge in [-0.1, -0.05) is 23.4 Å². The van der Waals surface area contributed by atoms with Gasteiger partial charge in [0.1, 0.15) is 29.9 Å². The molecule has 0 bridgehead atoms. The molecule has 0 saturated carbocycles. The van der Waals surface area contributed by atoms with Gasteiger partial charge in [-0.3, -0.25) is 0 Å². The van der Waals surface area contributed by atoms with Gasteiger partial charge < -0.3 is 24.4 Å². The lowest BCUT2D eigenvalue weighted by Crippen LogP contribution is -2.14. The zero-order chi connectivity index (χ0) is 18.4. The van der Waals surface area contributed by atoms with E-state index in [4.69, 9.17) is 19.3 Å². The second-order valence-electron chi connectivity index (χ2n) is 6.43.